The molecule has 4 aromatic heterocycles. The second kappa shape index (κ2) is 5.89. The minimum absolute atomic E-state index is 0.134. The summed E-state index contributed by atoms with van der Waals surface area (Å²) in [4.78, 5) is 17.6. The third-order valence-corrected chi connectivity index (χ3v) is 5.46. The Morgan fingerprint density at radius 1 is 1.41 bits per heavy atom. The monoisotopic (exact) mass is 385 g/mol. The van der Waals surface area contributed by atoms with Crippen LogP contribution in [0.4, 0.5) is 0 Å². The highest BCUT2D eigenvalue weighted by Gasteiger charge is 2.20. The number of aliphatic hydroxyl groups excluding tert-OH is 1. The molecular weight excluding hydrogens is 370 g/mol. The van der Waals surface area contributed by atoms with Crippen molar-refractivity contribution in [3.63, 3.8) is 0 Å². The van der Waals surface area contributed by atoms with E-state index in [2.05, 4.69) is 36.1 Å². The van der Waals surface area contributed by atoms with Crippen LogP contribution in [-0.2, 0) is 20.0 Å². The van der Waals surface area contributed by atoms with E-state index in [4.69, 9.17) is 0 Å². The fraction of sp³-hybridized carbons (Fsp3) is 0.267. The second-order valence-electron chi connectivity index (χ2n) is 6.17. The molecule has 4 aromatic rings. The van der Waals surface area contributed by atoms with Crippen molar-refractivity contribution in [2.24, 2.45) is 12.1 Å². The van der Waals surface area contributed by atoms with Crippen molar-refractivity contribution in [2.45, 2.75) is 19.3 Å². The number of aromatic amines is 1. The van der Waals surface area contributed by atoms with Crippen molar-refractivity contribution < 1.29 is 5.11 Å². The van der Waals surface area contributed by atoms with Gasteiger partial charge < -0.3 is 15.0 Å². The lowest BCUT2D eigenvalue weighted by Crippen LogP contribution is -2.38. The van der Waals surface area contributed by atoms with Gasteiger partial charge in [0.25, 0.3) is 5.56 Å². The normalized spacial score (nSPS) is 16.7. The van der Waals surface area contributed by atoms with E-state index in [1.54, 1.807) is 28.3 Å². The van der Waals surface area contributed by atoms with Gasteiger partial charge in [-0.2, -0.15) is 15.3 Å². The molecule has 0 bridgehead atoms. The molecule has 0 radical (unpaired) electrons. The van der Waals surface area contributed by atoms with Crippen molar-refractivity contribution in [3.8, 4) is 0 Å². The van der Waals surface area contributed by atoms with Crippen molar-refractivity contribution >= 4 is 38.4 Å². The highest BCUT2D eigenvalue weighted by molar-refractivity contribution is 7.19. The summed E-state index contributed by atoms with van der Waals surface area (Å²) in [5.74, 6) is 0.437. The molecular formula is C15H15N9O2S. The molecule has 11 nitrogen and oxygen atoms in total. The Morgan fingerprint density at radius 3 is 3.04 bits per heavy atom. The predicted octanol–water partition coefficient (Wildman–Crippen LogP) is -0.559. The van der Waals surface area contributed by atoms with E-state index in [1.807, 2.05) is 13.1 Å². The number of H-pyrrole nitrogens is 1. The van der Waals surface area contributed by atoms with Crippen LogP contribution in [0.5, 0.6) is 0 Å². The molecule has 0 saturated carbocycles. The zero-order valence-electron chi connectivity index (χ0n) is 14.2. The third-order valence-electron chi connectivity index (χ3n) is 4.39. The lowest BCUT2D eigenvalue weighted by molar-refractivity contribution is 0.137. The molecule has 0 saturated heterocycles. The molecule has 1 aliphatic rings. The standard InChI is InChI=1S/C15H15N9O2S/c1-23-11-8(5-17-24(14(11)25)6-9-18-15(26)22-21-9)12-13(23)19-10(27-12)4-7-2-3-16-20-7/h2-3,5,15,22,26H,4,6H2,1H3,(H,16,20)(H,18,21). The van der Waals surface area contributed by atoms with Gasteiger partial charge in [0.05, 0.1) is 16.6 Å². The highest BCUT2D eigenvalue weighted by Crippen LogP contribution is 2.31. The number of fused-ring (bicyclic) bond motifs is 3. The zero-order chi connectivity index (χ0) is 18.5. The molecule has 0 amide bonds. The predicted molar refractivity (Wildman–Crippen MR) is 99.3 cm³/mol. The Balaban J connectivity index is 1.56. The van der Waals surface area contributed by atoms with Gasteiger partial charge >= 0.3 is 0 Å². The van der Waals surface area contributed by atoms with Gasteiger partial charge in [0.2, 0.25) is 6.35 Å². The average molecular weight is 385 g/mol. The van der Waals surface area contributed by atoms with E-state index in [1.165, 1.54) is 4.68 Å². The van der Waals surface area contributed by atoms with Gasteiger partial charge in [-0.3, -0.25) is 15.3 Å². The van der Waals surface area contributed by atoms with Gasteiger partial charge in [0.15, 0.2) is 5.65 Å². The number of nitrogens with one attached hydrogen (secondary N) is 3. The summed E-state index contributed by atoms with van der Waals surface area (Å²) in [6, 6.07) is 1.91. The summed E-state index contributed by atoms with van der Waals surface area (Å²) in [5.41, 5.74) is 4.44. The number of aliphatic hydroxyl groups is 1. The Kier molecular flexibility index (Phi) is 3.48. The average Bonchev–Trinajstić information content (AvgIpc) is 3.40. The molecule has 1 atom stereocenters. The molecule has 138 valence electrons. The number of hydrogen-bond donors (Lipinski definition) is 4. The summed E-state index contributed by atoms with van der Waals surface area (Å²) in [5, 5.41) is 28.9. The van der Waals surface area contributed by atoms with E-state index < -0.39 is 6.35 Å². The molecule has 0 aliphatic carbocycles. The molecule has 27 heavy (non-hydrogen) atoms. The maximum absolute atomic E-state index is 12.9. The van der Waals surface area contributed by atoms with Gasteiger partial charge in [0.1, 0.15) is 22.9 Å². The fourth-order valence-electron chi connectivity index (χ4n) is 3.15. The van der Waals surface area contributed by atoms with Crippen LogP contribution in [0.15, 0.2) is 28.4 Å². The maximum Gasteiger partial charge on any atom is 0.291 e. The Hall–Kier alpha value is -3.25. The Morgan fingerprint density at radius 2 is 2.30 bits per heavy atom. The first-order chi connectivity index (χ1) is 13.1. The SMILES string of the molecule is Cn1c2nc(Cc3cc[nH]n3)sc2c2cnn(CC3=NNC(O)N3)c(=O)c21. The summed E-state index contributed by atoms with van der Waals surface area (Å²) in [6.45, 7) is 0.134. The fourth-order valence-corrected chi connectivity index (χ4v) is 4.27. The Bertz CT molecular complexity index is 1230. The number of hydrogen-bond acceptors (Lipinski definition) is 9. The summed E-state index contributed by atoms with van der Waals surface area (Å²) in [7, 11) is 1.82. The summed E-state index contributed by atoms with van der Waals surface area (Å²) in [6.07, 6.45) is 3.14. The Labute approximate surface area is 155 Å². The topological polar surface area (TPSA) is 138 Å². The number of amidine groups is 1. The quantitative estimate of drug-likeness (QED) is 0.369. The first-order valence-electron chi connectivity index (χ1n) is 8.19. The lowest BCUT2D eigenvalue weighted by atomic mass is 10.3. The van der Waals surface area contributed by atoms with Gasteiger partial charge in [-0.25, -0.2) is 9.67 Å². The van der Waals surface area contributed by atoms with Crippen LogP contribution < -0.4 is 16.3 Å². The van der Waals surface area contributed by atoms with Crippen LogP contribution >= 0.6 is 11.3 Å². The first kappa shape index (κ1) is 16.0. The number of hydrazone groups is 1. The second-order valence-corrected chi connectivity index (χ2v) is 7.25. The number of nitrogens with zero attached hydrogens (tertiary/aromatic N) is 6. The van der Waals surface area contributed by atoms with Crippen LogP contribution in [-0.4, -0.2) is 46.8 Å². The van der Waals surface area contributed by atoms with Crippen molar-refractivity contribution in [2.75, 3.05) is 0 Å². The van der Waals surface area contributed by atoms with Gasteiger partial charge in [-0.15, -0.1) is 11.3 Å². The molecule has 4 N–H and O–H groups in total. The van der Waals surface area contributed by atoms with E-state index in [9.17, 15) is 9.90 Å². The zero-order valence-corrected chi connectivity index (χ0v) is 15.0. The number of thiazole rings is 1. The molecule has 0 spiro atoms. The summed E-state index contributed by atoms with van der Waals surface area (Å²) >= 11 is 1.54. The highest BCUT2D eigenvalue weighted by atomic mass is 32.1. The van der Waals surface area contributed by atoms with Crippen molar-refractivity contribution in [1.29, 1.82) is 0 Å². The number of aromatic nitrogens is 6. The van der Waals surface area contributed by atoms with Crippen LogP contribution in [0.3, 0.4) is 0 Å². The minimum Gasteiger partial charge on any atom is -0.355 e. The molecule has 5 heterocycles. The van der Waals surface area contributed by atoms with Crippen LogP contribution in [0.25, 0.3) is 21.3 Å². The smallest absolute Gasteiger partial charge is 0.291 e. The third kappa shape index (κ3) is 2.57. The van der Waals surface area contributed by atoms with Crippen molar-refractivity contribution in [1.82, 2.24) is 40.3 Å². The van der Waals surface area contributed by atoms with Gasteiger partial charge in [-0.1, -0.05) is 0 Å². The number of rotatable bonds is 4. The molecule has 0 fully saturated rings. The molecule has 12 heteroatoms. The molecule has 1 aliphatic heterocycles. The maximum atomic E-state index is 12.9. The lowest BCUT2D eigenvalue weighted by Gasteiger charge is -2.06. The first-order valence-corrected chi connectivity index (χ1v) is 9.01. The number of aryl methyl sites for hydroxylation is 1. The van der Waals surface area contributed by atoms with E-state index in [-0.39, 0.29) is 12.1 Å². The van der Waals surface area contributed by atoms with Gasteiger partial charge in [0, 0.05) is 25.1 Å². The van der Waals surface area contributed by atoms with Crippen LogP contribution in [0.2, 0.25) is 0 Å². The van der Waals surface area contributed by atoms with Crippen LogP contribution in [0, 0.1) is 0 Å². The van der Waals surface area contributed by atoms with E-state index >= 15 is 0 Å². The van der Waals surface area contributed by atoms with Crippen LogP contribution in [0.1, 0.15) is 10.7 Å². The van der Waals surface area contributed by atoms with Crippen molar-refractivity contribution in [3.05, 3.63) is 39.5 Å². The van der Waals surface area contributed by atoms with E-state index in [0.29, 0.717) is 17.8 Å². The largest absolute Gasteiger partial charge is 0.355 e. The summed E-state index contributed by atoms with van der Waals surface area (Å²) < 4.78 is 4.04. The molecule has 0 aromatic carbocycles. The molecule has 1 unspecified atom stereocenters. The molecule has 5 rings (SSSR count). The van der Waals surface area contributed by atoms with E-state index in [0.717, 1.165) is 26.4 Å². The van der Waals surface area contributed by atoms with Gasteiger partial charge in [-0.05, 0) is 6.07 Å². The minimum atomic E-state index is -0.947.